The molecular weight excluding hydrogens is 372 g/mol. The molecule has 2 rings (SSSR count). The molecule has 7 nitrogen and oxygen atoms in total. The Hall–Kier alpha value is -1.29. The van der Waals surface area contributed by atoms with Crippen molar-refractivity contribution in [3.8, 4) is 0 Å². The molecule has 1 saturated heterocycles. The molecule has 1 fully saturated rings. The zero-order valence-corrected chi connectivity index (χ0v) is 17.0. The zero-order valence-electron chi connectivity index (χ0n) is 15.3. The van der Waals surface area contributed by atoms with Gasteiger partial charge in [-0.15, -0.1) is 0 Å². The number of hydrogen-bond acceptors (Lipinski definition) is 5. The Morgan fingerprint density at radius 3 is 2.96 bits per heavy atom. The van der Waals surface area contributed by atoms with Gasteiger partial charge in [-0.05, 0) is 36.3 Å². The molecule has 26 heavy (non-hydrogen) atoms. The lowest BCUT2D eigenvalue weighted by molar-refractivity contribution is 0.204. The molecule has 1 unspecified atom stereocenters. The molecule has 0 amide bonds. The lowest BCUT2D eigenvalue weighted by Crippen LogP contribution is -2.45. The van der Waals surface area contributed by atoms with Crippen LogP contribution in [0.3, 0.4) is 0 Å². The van der Waals surface area contributed by atoms with Crippen LogP contribution in [-0.2, 0) is 21.3 Å². The molecule has 1 heterocycles. The lowest BCUT2D eigenvalue weighted by Gasteiger charge is -2.24. The number of nitrogens with zero attached hydrogens (tertiary/aromatic N) is 1. The first-order valence-electron chi connectivity index (χ1n) is 8.67. The number of aliphatic imine (C=N–C) groups is 1. The number of ether oxygens (including phenoxy) is 1. The Kier molecular flexibility index (Phi) is 8.70. The third-order valence-electron chi connectivity index (χ3n) is 3.99. The van der Waals surface area contributed by atoms with Gasteiger partial charge in [-0.1, -0.05) is 12.1 Å². The van der Waals surface area contributed by atoms with Crippen LogP contribution in [0.15, 0.2) is 34.2 Å². The molecule has 1 atom stereocenters. The Labute approximate surface area is 160 Å². The summed E-state index contributed by atoms with van der Waals surface area (Å²) < 4.78 is 32.0. The number of rotatable bonds is 8. The Morgan fingerprint density at radius 1 is 1.42 bits per heavy atom. The van der Waals surface area contributed by atoms with E-state index in [9.17, 15) is 8.42 Å². The van der Waals surface area contributed by atoms with Gasteiger partial charge in [-0.25, -0.2) is 13.1 Å². The fourth-order valence-electron chi connectivity index (χ4n) is 2.61. The van der Waals surface area contributed by atoms with Gasteiger partial charge in [0.1, 0.15) is 0 Å². The van der Waals surface area contributed by atoms with E-state index in [1.807, 2.05) is 17.8 Å². The van der Waals surface area contributed by atoms with Gasteiger partial charge in [0.05, 0.1) is 11.5 Å². The van der Waals surface area contributed by atoms with Crippen LogP contribution in [-0.4, -0.2) is 59.2 Å². The SMILES string of the molecule is CN=C(NCc1cccc(S(=O)(=O)NCCOC)c1)NC1CCCSC1. The van der Waals surface area contributed by atoms with Gasteiger partial charge < -0.3 is 15.4 Å². The van der Waals surface area contributed by atoms with E-state index < -0.39 is 10.0 Å². The number of sulfonamides is 1. The molecule has 3 N–H and O–H groups in total. The van der Waals surface area contributed by atoms with E-state index in [0.717, 1.165) is 23.7 Å². The third-order valence-corrected chi connectivity index (χ3v) is 6.67. The van der Waals surface area contributed by atoms with E-state index in [4.69, 9.17) is 4.74 Å². The third kappa shape index (κ3) is 6.79. The second-order valence-corrected chi connectivity index (χ2v) is 8.94. The van der Waals surface area contributed by atoms with Crippen molar-refractivity contribution in [3.63, 3.8) is 0 Å². The first kappa shape index (κ1) is 21.0. The van der Waals surface area contributed by atoms with Gasteiger partial charge in [0.25, 0.3) is 0 Å². The first-order chi connectivity index (χ1) is 12.5. The fraction of sp³-hybridized carbons (Fsp3) is 0.588. The van der Waals surface area contributed by atoms with Gasteiger partial charge >= 0.3 is 0 Å². The summed E-state index contributed by atoms with van der Waals surface area (Å²) in [5.74, 6) is 3.05. The maximum absolute atomic E-state index is 12.3. The summed E-state index contributed by atoms with van der Waals surface area (Å²) in [5.41, 5.74) is 0.876. The molecule has 0 bridgehead atoms. The number of methoxy groups -OCH3 is 1. The topological polar surface area (TPSA) is 91.8 Å². The molecule has 0 aromatic heterocycles. The number of nitrogens with one attached hydrogen (secondary N) is 3. The number of guanidine groups is 1. The van der Waals surface area contributed by atoms with Crippen molar-refractivity contribution < 1.29 is 13.2 Å². The van der Waals surface area contributed by atoms with E-state index in [2.05, 4.69) is 20.3 Å². The molecule has 146 valence electrons. The monoisotopic (exact) mass is 400 g/mol. The standard InChI is InChI=1S/C17H28N4O3S2/c1-18-17(21-15-6-4-10-25-13-15)19-12-14-5-3-7-16(11-14)26(22,23)20-8-9-24-2/h3,5,7,11,15,20H,4,6,8-10,12-13H2,1-2H3,(H2,18,19,21). The largest absolute Gasteiger partial charge is 0.383 e. The van der Waals surface area contributed by atoms with Crippen LogP contribution >= 0.6 is 11.8 Å². The predicted molar refractivity (Wildman–Crippen MR) is 107 cm³/mol. The quantitative estimate of drug-likeness (QED) is 0.345. The molecule has 1 aromatic rings. The van der Waals surface area contributed by atoms with Crippen molar-refractivity contribution in [2.24, 2.45) is 4.99 Å². The van der Waals surface area contributed by atoms with Crippen LogP contribution in [0, 0.1) is 0 Å². The minimum atomic E-state index is -3.53. The minimum absolute atomic E-state index is 0.247. The fourth-order valence-corrected chi connectivity index (χ4v) is 4.77. The van der Waals surface area contributed by atoms with Crippen LogP contribution in [0.1, 0.15) is 18.4 Å². The summed E-state index contributed by atoms with van der Waals surface area (Å²) in [6, 6.07) is 7.33. The summed E-state index contributed by atoms with van der Waals surface area (Å²) in [6.45, 7) is 1.08. The van der Waals surface area contributed by atoms with Gasteiger partial charge in [0.15, 0.2) is 5.96 Å². The molecule has 0 spiro atoms. The van der Waals surface area contributed by atoms with Gasteiger partial charge in [-0.3, -0.25) is 4.99 Å². The number of hydrogen-bond donors (Lipinski definition) is 3. The highest BCUT2D eigenvalue weighted by Gasteiger charge is 2.16. The van der Waals surface area contributed by atoms with Crippen LogP contribution in [0.2, 0.25) is 0 Å². The number of thioether (sulfide) groups is 1. The first-order valence-corrected chi connectivity index (χ1v) is 11.3. The zero-order chi connectivity index (χ0) is 18.8. The van der Waals surface area contributed by atoms with Crippen molar-refractivity contribution in [2.75, 3.05) is 38.8 Å². The van der Waals surface area contributed by atoms with E-state index in [-0.39, 0.29) is 11.4 Å². The van der Waals surface area contributed by atoms with E-state index in [1.165, 1.54) is 19.3 Å². The molecule has 1 aliphatic rings. The van der Waals surface area contributed by atoms with E-state index in [0.29, 0.717) is 19.2 Å². The van der Waals surface area contributed by atoms with Crippen molar-refractivity contribution >= 4 is 27.7 Å². The smallest absolute Gasteiger partial charge is 0.240 e. The average molecular weight is 401 g/mol. The summed E-state index contributed by atoms with van der Waals surface area (Å²) >= 11 is 1.95. The number of benzene rings is 1. The highest BCUT2D eigenvalue weighted by Crippen LogP contribution is 2.16. The summed E-state index contributed by atoms with van der Waals surface area (Å²) in [6.07, 6.45) is 2.36. The maximum Gasteiger partial charge on any atom is 0.240 e. The van der Waals surface area contributed by atoms with E-state index >= 15 is 0 Å². The van der Waals surface area contributed by atoms with Gasteiger partial charge in [-0.2, -0.15) is 11.8 Å². The van der Waals surface area contributed by atoms with Crippen molar-refractivity contribution in [2.45, 2.75) is 30.3 Å². The summed E-state index contributed by atoms with van der Waals surface area (Å²) in [4.78, 5) is 4.51. The van der Waals surface area contributed by atoms with Crippen LogP contribution in [0.4, 0.5) is 0 Å². The van der Waals surface area contributed by atoms with E-state index in [1.54, 1.807) is 25.2 Å². The lowest BCUT2D eigenvalue weighted by atomic mass is 10.2. The Morgan fingerprint density at radius 2 is 2.27 bits per heavy atom. The molecule has 0 saturated carbocycles. The molecule has 9 heteroatoms. The molecule has 0 aliphatic carbocycles. The van der Waals surface area contributed by atoms with Crippen LogP contribution in [0.25, 0.3) is 0 Å². The average Bonchev–Trinajstić information content (AvgIpc) is 2.66. The molecule has 0 radical (unpaired) electrons. The normalized spacial score (nSPS) is 18.5. The second-order valence-electron chi connectivity index (χ2n) is 6.02. The minimum Gasteiger partial charge on any atom is -0.383 e. The molecule has 1 aliphatic heterocycles. The summed E-state index contributed by atoms with van der Waals surface area (Å²) in [7, 11) is -0.251. The van der Waals surface area contributed by atoms with Crippen molar-refractivity contribution in [1.82, 2.24) is 15.4 Å². The van der Waals surface area contributed by atoms with Gasteiger partial charge in [0, 0.05) is 39.0 Å². The van der Waals surface area contributed by atoms with Crippen LogP contribution < -0.4 is 15.4 Å². The Bertz CT molecular complexity index is 689. The Balaban J connectivity index is 1.92. The molecule has 1 aromatic carbocycles. The summed E-state index contributed by atoms with van der Waals surface area (Å²) in [5, 5.41) is 6.69. The van der Waals surface area contributed by atoms with Crippen LogP contribution in [0.5, 0.6) is 0 Å². The highest BCUT2D eigenvalue weighted by atomic mass is 32.2. The van der Waals surface area contributed by atoms with Crippen molar-refractivity contribution in [3.05, 3.63) is 29.8 Å². The maximum atomic E-state index is 12.3. The highest BCUT2D eigenvalue weighted by molar-refractivity contribution is 7.99. The predicted octanol–water partition coefficient (Wildman–Crippen LogP) is 1.17. The second kappa shape index (κ2) is 10.8. The van der Waals surface area contributed by atoms with Crippen molar-refractivity contribution in [1.29, 1.82) is 0 Å². The van der Waals surface area contributed by atoms with Gasteiger partial charge in [0.2, 0.25) is 10.0 Å². The molecular formula is C17H28N4O3S2.